The molecule has 0 aromatic carbocycles. The second kappa shape index (κ2) is 2.59. The number of hydrogen-bond acceptors (Lipinski definition) is 1. The van der Waals surface area contributed by atoms with E-state index >= 15 is 0 Å². The molecule has 2 heteroatoms. The van der Waals surface area contributed by atoms with Crippen LogP contribution in [0.2, 0.25) is 0 Å². The first-order chi connectivity index (χ1) is 5.35. The van der Waals surface area contributed by atoms with Gasteiger partial charge >= 0.3 is 0 Å². The number of quaternary nitrogens is 1. The quantitative estimate of drug-likeness (QED) is 0.534. The van der Waals surface area contributed by atoms with E-state index in [1.165, 1.54) is 38.9 Å². The SMILES string of the molecule is O=[C]C[N+]12CCC(CC1)CC2. The molecule has 11 heavy (non-hydrogen) atoms. The maximum atomic E-state index is 10.3. The van der Waals surface area contributed by atoms with Crippen molar-refractivity contribution in [3.05, 3.63) is 0 Å². The van der Waals surface area contributed by atoms with Crippen LogP contribution in [0.25, 0.3) is 0 Å². The normalized spacial score (nSPS) is 42.4. The minimum Gasteiger partial charge on any atom is -0.317 e. The van der Waals surface area contributed by atoms with Crippen molar-refractivity contribution in [1.82, 2.24) is 0 Å². The van der Waals surface area contributed by atoms with Crippen LogP contribution in [0.3, 0.4) is 0 Å². The Morgan fingerprint density at radius 2 is 1.73 bits per heavy atom. The highest BCUT2D eigenvalue weighted by Gasteiger charge is 2.39. The van der Waals surface area contributed by atoms with E-state index in [2.05, 4.69) is 6.29 Å². The van der Waals surface area contributed by atoms with Gasteiger partial charge in [0.15, 0.2) is 0 Å². The number of hydrogen-bond donors (Lipinski definition) is 0. The van der Waals surface area contributed by atoms with Crippen LogP contribution in [-0.4, -0.2) is 36.9 Å². The number of piperidine rings is 3. The Morgan fingerprint density at radius 3 is 2.18 bits per heavy atom. The third kappa shape index (κ3) is 1.20. The van der Waals surface area contributed by atoms with E-state index in [0.717, 1.165) is 10.4 Å². The summed E-state index contributed by atoms with van der Waals surface area (Å²) in [7, 11) is 0. The Morgan fingerprint density at radius 1 is 1.18 bits per heavy atom. The van der Waals surface area contributed by atoms with Gasteiger partial charge in [0.1, 0.15) is 6.54 Å². The molecule has 0 unspecified atom stereocenters. The molecule has 3 fully saturated rings. The Kier molecular flexibility index (Phi) is 1.72. The lowest BCUT2D eigenvalue weighted by atomic mass is 9.86. The lowest BCUT2D eigenvalue weighted by Gasteiger charge is -2.47. The molecule has 0 aliphatic carbocycles. The maximum absolute atomic E-state index is 10.3. The maximum Gasteiger partial charge on any atom is 0.258 e. The molecule has 3 aliphatic heterocycles. The van der Waals surface area contributed by atoms with Crippen molar-refractivity contribution < 1.29 is 9.28 Å². The Labute approximate surface area is 67.8 Å². The third-order valence-electron chi connectivity index (χ3n) is 3.44. The molecule has 2 nitrogen and oxygen atoms in total. The Bertz CT molecular complexity index is 145. The van der Waals surface area contributed by atoms with Gasteiger partial charge in [0, 0.05) is 0 Å². The van der Waals surface area contributed by atoms with E-state index < -0.39 is 0 Å². The van der Waals surface area contributed by atoms with Crippen LogP contribution in [0.15, 0.2) is 0 Å². The minimum atomic E-state index is 0.646. The number of fused-ring (bicyclic) bond motifs is 3. The number of carbonyl (C=O) groups excluding carboxylic acids is 1. The van der Waals surface area contributed by atoms with E-state index in [0.29, 0.717) is 6.54 Å². The lowest BCUT2D eigenvalue weighted by Crippen LogP contribution is -2.58. The smallest absolute Gasteiger partial charge is 0.258 e. The highest BCUT2D eigenvalue weighted by molar-refractivity contribution is 5.51. The molecule has 2 bridgehead atoms. The highest BCUT2D eigenvalue weighted by atomic mass is 16.1. The van der Waals surface area contributed by atoms with Gasteiger partial charge in [-0.1, -0.05) is 0 Å². The van der Waals surface area contributed by atoms with Gasteiger partial charge in [0.25, 0.3) is 6.29 Å². The summed E-state index contributed by atoms with van der Waals surface area (Å²) in [5.41, 5.74) is 0. The van der Waals surface area contributed by atoms with Crippen molar-refractivity contribution >= 4 is 6.29 Å². The zero-order valence-corrected chi connectivity index (χ0v) is 6.88. The summed E-state index contributed by atoms with van der Waals surface area (Å²) >= 11 is 0. The van der Waals surface area contributed by atoms with Crippen molar-refractivity contribution in [1.29, 1.82) is 0 Å². The third-order valence-corrected chi connectivity index (χ3v) is 3.44. The second-order valence-electron chi connectivity index (χ2n) is 4.05. The molecule has 0 aromatic heterocycles. The summed E-state index contributed by atoms with van der Waals surface area (Å²) in [6, 6.07) is 0. The van der Waals surface area contributed by atoms with Gasteiger partial charge in [-0.25, -0.2) is 0 Å². The fourth-order valence-electron chi connectivity index (χ4n) is 2.51. The van der Waals surface area contributed by atoms with Gasteiger partial charge in [0.2, 0.25) is 0 Å². The molecular formula is C9H15NO+. The van der Waals surface area contributed by atoms with Gasteiger partial charge in [0.05, 0.1) is 19.6 Å². The summed E-state index contributed by atoms with van der Waals surface area (Å²) in [6.07, 6.45) is 6.12. The van der Waals surface area contributed by atoms with Crippen LogP contribution < -0.4 is 0 Å². The molecule has 61 valence electrons. The van der Waals surface area contributed by atoms with Crippen LogP contribution in [0.4, 0.5) is 0 Å². The summed E-state index contributed by atoms with van der Waals surface area (Å²) in [5, 5.41) is 0. The molecule has 3 aliphatic rings. The molecule has 3 heterocycles. The fraction of sp³-hybridized carbons (Fsp3) is 0.889. The highest BCUT2D eigenvalue weighted by Crippen LogP contribution is 2.32. The first-order valence-electron chi connectivity index (χ1n) is 4.55. The average molecular weight is 153 g/mol. The summed E-state index contributed by atoms with van der Waals surface area (Å²) in [5.74, 6) is 0.988. The van der Waals surface area contributed by atoms with Crippen LogP contribution in [0.1, 0.15) is 19.3 Å². The summed E-state index contributed by atoms with van der Waals surface area (Å²) in [6.45, 7) is 4.35. The van der Waals surface area contributed by atoms with Crippen LogP contribution in [-0.2, 0) is 4.79 Å². The Balaban J connectivity index is 2.05. The predicted octanol–water partition coefficient (Wildman–Crippen LogP) is 0.727. The van der Waals surface area contributed by atoms with Gasteiger partial charge in [-0.3, -0.25) is 4.79 Å². The lowest BCUT2D eigenvalue weighted by molar-refractivity contribution is -0.934. The summed E-state index contributed by atoms with van der Waals surface area (Å²) in [4.78, 5) is 10.3. The van der Waals surface area contributed by atoms with Gasteiger partial charge < -0.3 is 4.48 Å². The standard InChI is InChI=1S/C9H15NO/c11-8-7-10-4-1-9(2-5-10)3-6-10/h9H,1-7H2/q+1. The van der Waals surface area contributed by atoms with Crippen molar-refractivity contribution in [2.75, 3.05) is 26.2 Å². The van der Waals surface area contributed by atoms with Crippen LogP contribution in [0.5, 0.6) is 0 Å². The molecule has 3 saturated heterocycles. The van der Waals surface area contributed by atoms with E-state index in [9.17, 15) is 4.79 Å². The number of nitrogens with zero attached hydrogens (tertiary/aromatic N) is 1. The van der Waals surface area contributed by atoms with Crippen molar-refractivity contribution in [3.8, 4) is 0 Å². The molecule has 0 N–H and O–H groups in total. The zero-order valence-electron chi connectivity index (χ0n) is 6.88. The zero-order chi connectivity index (χ0) is 7.73. The van der Waals surface area contributed by atoms with Crippen LogP contribution in [0, 0.1) is 5.92 Å². The van der Waals surface area contributed by atoms with E-state index in [-0.39, 0.29) is 0 Å². The minimum absolute atomic E-state index is 0.646. The van der Waals surface area contributed by atoms with Crippen molar-refractivity contribution in [2.45, 2.75) is 19.3 Å². The number of rotatable bonds is 2. The topological polar surface area (TPSA) is 17.1 Å². The average Bonchev–Trinajstić information content (AvgIpc) is 2.07. The molecule has 0 aromatic rings. The van der Waals surface area contributed by atoms with Gasteiger partial charge in [-0.2, -0.15) is 0 Å². The molecule has 0 spiro atoms. The molecule has 1 radical (unpaired) electrons. The summed E-state index contributed by atoms with van der Waals surface area (Å²) < 4.78 is 1.06. The van der Waals surface area contributed by atoms with E-state index in [1.54, 1.807) is 0 Å². The predicted molar refractivity (Wildman–Crippen MR) is 42.8 cm³/mol. The first-order valence-corrected chi connectivity index (χ1v) is 4.55. The fourth-order valence-corrected chi connectivity index (χ4v) is 2.51. The second-order valence-corrected chi connectivity index (χ2v) is 4.05. The van der Waals surface area contributed by atoms with Crippen molar-refractivity contribution in [2.24, 2.45) is 5.92 Å². The monoisotopic (exact) mass is 153 g/mol. The molecule has 0 saturated carbocycles. The van der Waals surface area contributed by atoms with Gasteiger partial charge in [-0.05, 0) is 25.2 Å². The molecule has 0 atom stereocenters. The van der Waals surface area contributed by atoms with Crippen molar-refractivity contribution in [3.63, 3.8) is 0 Å². The van der Waals surface area contributed by atoms with E-state index in [1.807, 2.05) is 0 Å². The van der Waals surface area contributed by atoms with E-state index in [4.69, 9.17) is 0 Å². The molecule has 3 rings (SSSR count). The largest absolute Gasteiger partial charge is 0.317 e. The molecule has 0 amide bonds. The van der Waals surface area contributed by atoms with Gasteiger partial charge in [-0.15, -0.1) is 0 Å². The Hall–Kier alpha value is -0.370. The van der Waals surface area contributed by atoms with Crippen LogP contribution >= 0.6 is 0 Å². The first kappa shape index (κ1) is 7.29. The molecular weight excluding hydrogens is 138 g/mol.